The van der Waals surface area contributed by atoms with Crippen molar-refractivity contribution in [3.63, 3.8) is 0 Å². The first-order chi connectivity index (χ1) is 11.6. The summed E-state index contributed by atoms with van der Waals surface area (Å²) in [6, 6.07) is 15.6. The van der Waals surface area contributed by atoms with Gasteiger partial charge in [-0.2, -0.15) is 0 Å². The zero-order chi connectivity index (χ0) is 19.0. The third kappa shape index (κ3) is 8.46. The van der Waals surface area contributed by atoms with Crippen LogP contribution in [0.4, 0.5) is 0 Å². The van der Waals surface area contributed by atoms with E-state index < -0.39 is 10.0 Å². The van der Waals surface area contributed by atoms with Crippen LogP contribution >= 0.6 is 31.9 Å². The van der Waals surface area contributed by atoms with Crippen LogP contribution in [0, 0.1) is 0 Å². The average Bonchev–Trinajstić information content (AvgIpc) is 2.56. The Labute approximate surface area is 167 Å². The van der Waals surface area contributed by atoms with Crippen molar-refractivity contribution in [1.29, 1.82) is 0 Å². The number of hydrogen-bond donors (Lipinski definition) is 2. The van der Waals surface area contributed by atoms with Crippen molar-refractivity contribution in [2.24, 2.45) is 5.73 Å². The van der Waals surface area contributed by atoms with Gasteiger partial charge in [0.1, 0.15) is 0 Å². The van der Waals surface area contributed by atoms with Crippen LogP contribution in [-0.4, -0.2) is 14.2 Å². The lowest BCUT2D eigenvalue weighted by Crippen LogP contribution is -2.28. The number of nitrogens with one attached hydrogen (secondary N) is 1. The maximum atomic E-state index is 11.3. The Morgan fingerprint density at radius 1 is 0.920 bits per heavy atom. The Balaban J connectivity index is 0.000000271. The highest BCUT2D eigenvalue weighted by Crippen LogP contribution is 2.17. The van der Waals surface area contributed by atoms with Gasteiger partial charge in [0.05, 0.1) is 5.75 Å². The van der Waals surface area contributed by atoms with E-state index in [1.165, 1.54) is 5.56 Å². The molecule has 2 aromatic carbocycles. The zero-order valence-corrected chi connectivity index (χ0v) is 18.5. The molecule has 0 spiro atoms. The summed E-state index contributed by atoms with van der Waals surface area (Å²) in [6.07, 6.45) is 0. The maximum absolute atomic E-state index is 11.3. The average molecular weight is 492 g/mol. The van der Waals surface area contributed by atoms with E-state index in [9.17, 15) is 8.42 Å². The van der Waals surface area contributed by atoms with Crippen LogP contribution in [0.25, 0.3) is 0 Å². The maximum Gasteiger partial charge on any atom is 0.211 e. The quantitative estimate of drug-likeness (QED) is 0.623. The highest BCUT2D eigenvalue weighted by atomic mass is 79.9. The van der Waals surface area contributed by atoms with Gasteiger partial charge in [0.2, 0.25) is 10.0 Å². The molecule has 25 heavy (non-hydrogen) atoms. The van der Waals surface area contributed by atoms with E-state index in [0.29, 0.717) is 0 Å². The predicted octanol–water partition coefficient (Wildman–Crippen LogP) is 4.92. The molecule has 0 aliphatic carbocycles. The van der Waals surface area contributed by atoms with Crippen molar-refractivity contribution >= 4 is 41.9 Å². The molecule has 0 aliphatic rings. The van der Waals surface area contributed by atoms with Gasteiger partial charge in [0, 0.05) is 21.0 Å². The molecule has 2 unspecified atom stereocenters. The monoisotopic (exact) mass is 490 g/mol. The van der Waals surface area contributed by atoms with Crippen LogP contribution in [0.1, 0.15) is 44.0 Å². The Kier molecular flexibility index (Phi) is 9.30. The van der Waals surface area contributed by atoms with Gasteiger partial charge in [-0.05, 0) is 56.2 Å². The first-order valence-electron chi connectivity index (χ1n) is 7.91. The van der Waals surface area contributed by atoms with Crippen LogP contribution in [0.15, 0.2) is 57.5 Å². The fraction of sp³-hybridized carbons (Fsp3) is 0.333. The van der Waals surface area contributed by atoms with Gasteiger partial charge in [0.25, 0.3) is 0 Å². The molecule has 0 saturated heterocycles. The van der Waals surface area contributed by atoms with Gasteiger partial charge in [0.15, 0.2) is 0 Å². The zero-order valence-electron chi connectivity index (χ0n) is 14.5. The van der Waals surface area contributed by atoms with Gasteiger partial charge in [-0.3, -0.25) is 0 Å². The van der Waals surface area contributed by atoms with Crippen molar-refractivity contribution < 1.29 is 8.42 Å². The van der Waals surface area contributed by atoms with E-state index in [4.69, 9.17) is 5.73 Å². The van der Waals surface area contributed by atoms with E-state index in [1.807, 2.05) is 62.4 Å². The second-order valence-electron chi connectivity index (χ2n) is 5.63. The highest BCUT2D eigenvalue weighted by molar-refractivity contribution is 9.10. The molecule has 2 aromatic rings. The van der Waals surface area contributed by atoms with Crippen molar-refractivity contribution in [1.82, 2.24) is 4.72 Å². The minimum atomic E-state index is -3.14. The lowest BCUT2D eigenvalue weighted by atomic mass is 10.1. The SMILES string of the molecule is CC(N)c1ccc(Br)cc1.CCS(=O)(=O)NC(C)c1ccc(Br)cc1. The molecule has 0 fully saturated rings. The summed E-state index contributed by atoms with van der Waals surface area (Å²) in [5.41, 5.74) is 7.77. The molecule has 2 rings (SSSR count). The molecule has 138 valence electrons. The number of sulfonamides is 1. The summed E-state index contributed by atoms with van der Waals surface area (Å²) in [5, 5.41) is 0. The van der Waals surface area contributed by atoms with E-state index >= 15 is 0 Å². The lowest BCUT2D eigenvalue weighted by molar-refractivity contribution is 0.568. The molecule has 0 aromatic heterocycles. The Hall–Kier alpha value is -0.730. The van der Waals surface area contributed by atoms with Gasteiger partial charge < -0.3 is 5.73 Å². The molecule has 2 atom stereocenters. The second kappa shape index (κ2) is 10.4. The van der Waals surface area contributed by atoms with Crippen molar-refractivity contribution in [3.8, 4) is 0 Å². The summed E-state index contributed by atoms with van der Waals surface area (Å²) in [5.74, 6) is 0.105. The van der Waals surface area contributed by atoms with Crippen molar-refractivity contribution in [2.75, 3.05) is 5.75 Å². The molecule has 0 amide bonds. The topological polar surface area (TPSA) is 72.2 Å². The van der Waals surface area contributed by atoms with E-state index in [-0.39, 0.29) is 17.8 Å². The predicted molar refractivity (Wildman–Crippen MR) is 112 cm³/mol. The normalized spacial score (nSPS) is 13.5. The number of benzene rings is 2. The summed E-state index contributed by atoms with van der Waals surface area (Å²) in [4.78, 5) is 0. The van der Waals surface area contributed by atoms with E-state index in [0.717, 1.165) is 14.5 Å². The number of nitrogens with two attached hydrogens (primary N) is 1. The second-order valence-corrected chi connectivity index (χ2v) is 9.51. The van der Waals surface area contributed by atoms with Crippen LogP contribution in [-0.2, 0) is 10.0 Å². The molecule has 0 heterocycles. The summed E-state index contributed by atoms with van der Waals surface area (Å²) >= 11 is 6.68. The molecule has 7 heteroatoms. The third-order valence-corrected chi connectivity index (χ3v) is 6.03. The molecule has 3 N–H and O–H groups in total. The molecule has 0 aliphatic heterocycles. The Morgan fingerprint density at radius 2 is 1.32 bits per heavy atom. The van der Waals surface area contributed by atoms with Crippen LogP contribution in [0.5, 0.6) is 0 Å². The lowest BCUT2D eigenvalue weighted by Gasteiger charge is -2.13. The van der Waals surface area contributed by atoms with Gasteiger partial charge >= 0.3 is 0 Å². The molecular weight excluding hydrogens is 468 g/mol. The van der Waals surface area contributed by atoms with Gasteiger partial charge in [-0.25, -0.2) is 13.1 Å². The van der Waals surface area contributed by atoms with Crippen LogP contribution in [0.2, 0.25) is 0 Å². The van der Waals surface area contributed by atoms with E-state index in [2.05, 4.69) is 36.6 Å². The largest absolute Gasteiger partial charge is 0.324 e. The van der Waals surface area contributed by atoms with Crippen molar-refractivity contribution in [2.45, 2.75) is 32.9 Å². The standard InChI is InChI=1S/C10H14BrNO2S.C8H10BrN/c1-3-15(13,14)12-8(2)9-4-6-10(11)7-5-9;1-6(10)7-2-4-8(9)5-3-7/h4-8,12H,3H2,1-2H3;2-6H,10H2,1H3. The number of hydrogen-bond acceptors (Lipinski definition) is 3. The summed E-state index contributed by atoms with van der Waals surface area (Å²) < 4.78 is 27.3. The summed E-state index contributed by atoms with van der Waals surface area (Å²) in [7, 11) is -3.14. The van der Waals surface area contributed by atoms with Crippen LogP contribution < -0.4 is 10.5 Å². The van der Waals surface area contributed by atoms with Gasteiger partial charge in [-0.1, -0.05) is 56.1 Å². The fourth-order valence-electron chi connectivity index (χ4n) is 1.94. The molecule has 0 radical (unpaired) electrons. The molecular formula is C18H24Br2N2O2S. The third-order valence-electron chi connectivity index (χ3n) is 3.50. The number of rotatable bonds is 5. The number of halogens is 2. The Bertz CT molecular complexity index is 746. The van der Waals surface area contributed by atoms with E-state index in [1.54, 1.807) is 6.92 Å². The minimum Gasteiger partial charge on any atom is -0.324 e. The fourth-order valence-corrected chi connectivity index (χ4v) is 3.31. The Morgan fingerprint density at radius 3 is 1.68 bits per heavy atom. The molecule has 0 bridgehead atoms. The first kappa shape index (κ1) is 22.3. The molecule has 4 nitrogen and oxygen atoms in total. The van der Waals surface area contributed by atoms with Crippen LogP contribution in [0.3, 0.4) is 0 Å². The summed E-state index contributed by atoms with van der Waals surface area (Å²) in [6.45, 7) is 5.43. The first-order valence-corrected chi connectivity index (χ1v) is 11.1. The smallest absolute Gasteiger partial charge is 0.211 e. The minimum absolute atomic E-state index is 0.105. The highest BCUT2D eigenvalue weighted by Gasteiger charge is 2.13. The van der Waals surface area contributed by atoms with Crippen molar-refractivity contribution in [3.05, 3.63) is 68.6 Å². The van der Waals surface area contributed by atoms with Gasteiger partial charge in [-0.15, -0.1) is 0 Å². The molecule has 0 saturated carbocycles.